The number of aromatic nitrogens is 2. The van der Waals surface area contributed by atoms with E-state index >= 15 is 0 Å². The van der Waals surface area contributed by atoms with Gasteiger partial charge in [0.2, 0.25) is 5.91 Å². The van der Waals surface area contributed by atoms with Crippen LogP contribution in [-0.2, 0) is 31.2 Å². The third kappa shape index (κ3) is 3.62. The predicted molar refractivity (Wildman–Crippen MR) is 99.0 cm³/mol. The van der Waals surface area contributed by atoms with Crippen LogP contribution in [0.2, 0.25) is 0 Å². The summed E-state index contributed by atoms with van der Waals surface area (Å²) < 4.78 is 0.981. The summed E-state index contributed by atoms with van der Waals surface area (Å²) in [6.45, 7) is 1.46. The number of nitrogens with one attached hydrogen (secondary N) is 1. The van der Waals surface area contributed by atoms with Crippen LogP contribution in [0.3, 0.4) is 0 Å². The number of H-pyrrole nitrogens is 1. The summed E-state index contributed by atoms with van der Waals surface area (Å²) in [4.78, 5) is 42.5. The standard InChI is InChI=1S/C19H24N4O3/c1-21-11-14-7-5-4-6-13(14)8-16(21)12-22(2)17(24)9-15-10-20-19(26)23(3)18(15)25/h4-7,10,16H,8-9,11-12H2,1-3H3,(H,20,26)/t16-/m1/s1. The first-order valence-corrected chi connectivity index (χ1v) is 8.65. The van der Waals surface area contributed by atoms with E-state index < -0.39 is 11.2 Å². The minimum atomic E-state index is -0.484. The molecule has 0 radical (unpaired) electrons. The monoisotopic (exact) mass is 356 g/mol. The van der Waals surface area contributed by atoms with Crippen LogP contribution < -0.4 is 11.2 Å². The highest BCUT2D eigenvalue weighted by molar-refractivity contribution is 5.78. The first-order chi connectivity index (χ1) is 12.4. The number of amides is 1. The van der Waals surface area contributed by atoms with Crippen molar-refractivity contribution in [1.82, 2.24) is 19.4 Å². The van der Waals surface area contributed by atoms with Gasteiger partial charge in [0.05, 0.1) is 6.42 Å². The fourth-order valence-corrected chi connectivity index (χ4v) is 3.38. The van der Waals surface area contributed by atoms with E-state index in [-0.39, 0.29) is 18.4 Å². The van der Waals surface area contributed by atoms with Crippen molar-refractivity contribution in [3.8, 4) is 0 Å². The Bertz CT molecular complexity index is 931. The highest BCUT2D eigenvalue weighted by Crippen LogP contribution is 2.22. The number of rotatable bonds is 4. The van der Waals surface area contributed by atoms with Crippen molar-refractivity contribution in [1.29, 1.82) is 0 Å². The summed E-state index contributed by atoms with van der Waals surface area (Å²) in [5.74, 6) is -0.138. The topological polar surface area (TPSA) is 78.4 Å². The van der Waals surface area contributed by atoms with Crippen LogP contribution in [0, 0.1) is 0 Å². The van der Waals surface area contributed by atoms with Gasteiger partial charge in [-0.05, 0) is 24.6 Å². The molecule has 0 saturated heterocycles. The van der Waals surface area contributed by atoms with Gasteiger partial charge < -0.3 is 9.88 Å². The van der Waals surface area contributed by atoms with Crippen molar-refractivity contribution in [2.75, 3.05) is 20.6 Å². The van der Waals surface area contributed by atoms with Crippen LogP contribution in [0.15, 0.2) is 40.1 Å². The summed E-state index contributed by atoms with van der Waals surface area (Å²) in [7, 11) is 5.22. The first kappa shape index (κ1) is 18.1. The SMILES string of the molecule is CN(C[C@H]1Cc2ccccc2CN1C)C(=O)Cc1c[nH]c(=O)n(C)c1=O. The maximum absolute atomic E-state index is 12.6. The molecule has 0 fully saturated rings. The van der Waals surface area contributed by atoms with Crippen LogP contribution in [0.4, 0.5) is 0 Å². The molecule has 1 aromatic heterocycles. The minimum Gasteiger partial charge on any atom is -0.344 e. The van der Waals surface area contributed by atoms with E-state index in [0.717, 1.165) is 17.5 Å². The molecule has 1 amide bonds. The molecule has 7 nitrogen and oxygen atoms in total. The fourth-order valence-electron chi connectivity index (χ4n) is 3.38. The molecule has 0 saturated carbocycles. The molecule has 0 bridgehead atoms. The van der Waals surface area contributed by atoms with Crippen molar-refractivity contribution >= 4 is 5.91 Å². The van der Waals surface area contributed by atoms with Gasteiger partial charge in [-0.2, -0.15) is 0 Å². The number of likely N-dealkylation sites (N-methyl/N-ethyl adjacent to an activating group) is 2. The van der Waals surface area contributed by atoms with E-state index in [9.17, 15) is 14.4 Å². The molecule has 26 heavy (non-hydrogen) atoms. The second-order valence-corrected chi connectivity index (χ2v) is 6.98. The largest absolute Gasteiger partial charge is 0.344 e. The Labute approximate surface area is 151 Å². The van der Waals surface area contributed by atoms with E-state index in [1.165, 1.54) is 24.4 Å². The number of fused-ring (bicyclic) bond motifs is 1. The molecule has 0 unspecified atom stereocenters. The molecule has 3 rings (SSSR count). The van der Waals surface area contributed by atoms with Gasteiger partial charge in [-0.3, -0.25) is 19.1 Å². The van der Waals surface area contributed by atoms with Crippen LogP contribution in [0.1, 0.15) is 16.7 Å². The zero-order valence-corrected chi connectivity index (χ0v) is 15.4. The molecule has 0 spiro atoms. The summed E-state index contributed by atoms with van der Waals surface area (Å²) in [5, 5.41) is 0. The Morgan fingerprint density at radius 3 is 2.65 bits per heavy atom. The highest BCUT2D eigenvalue weighted by atomic mass is 16.2. The van der Waals surface area contributed by atoms with Gasteiger partial charge in [0, 0.05) is 45.0 Å². The van der Waals surface area contributed by atoms with E-state index in [1.807, 2.05) is 12.1 Å². The molecule has 1 aliphatic heterocycles. The molecular weight excluding hydrogens is 332 g/mol. The number of hydrogen-bond acceptors (Lipinski definition) is 4. The number of carbonyl (C=O) groups is 1. The van der Waals surface area contributed by atoms with Crippen LogP contribution in [0.5, 0.6) is 0 Å². The molecular formula is C19H24N4O3. The van der Waals surface area contributed by atoms with Crippen molar-refractivity contribution in [2.45, 2.75) is 25.4 Å². The summed E-state index contributed by atoms with van der Waals surface area (Å²) in [6.07, 6.45) is 2.21. The normalized spacial score (nSPS) is 17.0. The number of benzene rings is 1. The molecule has 7 heteroatoms. The second kappa shape index (κ2) is 7.29. The van der Waals surface area contributed by atoms with Crippen molar-refractivity contribution in [3.05, 3.63) is 68.0 Å². The van der Waals surface area contributed by atoms with E-state index in [0.29, 0.717) is 12.1 Å². The van der Waals surface area contributed by atoms with Crippen molar-refractivity contribution in [2.24, 2.45) is 7.05 Å². The van der Waals surface area contributed by atoms with E-state index in [2.05, 4.69) is 29.1 Å². The van der Waals surface area contributed by atoms with Gasteiger partial charge in [0.15, 0.2) is 0 Å². The van der Waals surface area contributed by atoms with Gasteiger partial charge in [-0.15, -0.1) is 0 Å². The van der Waals surface area contributed by atoms with Gasteiger partial charge in [-0.25, -0.2) is 4.79 Å². The van der Waals surface area contributed by atoms with Crippen LogP contribution in [-0.4, -0.2) is 51.9 Å². The number of carbonyl (C=O) groups excluding carboxylic acids is 1. The lowest BCUT2D eigenvalue weighted by atomic mass is 9.94. The predicted octanol–water partition coefficient (Wildman–Crippen LogP) is 0.131. The molecule has 2 heterocycles. The maximum atomic E-state index is 12.6. The van der Waals surface area contributed by atoms with Gasteiger partial charge >= 0.3 is 5.69 Å². The zero-order chi connectivity index (χ0) is 18.8. The summed E-state index contributed by atoms with van der Waals surface area (Å²) in [5.41, 5.74) is 2.04. The highest BCUT2D eigenvalue weighted by Gasteiger charge is 2.25. The molecule has 1 aliphatic rings. The number of aromatic amines is 1. The number of nitrogens with zero attached hydrogens (tertiary/aromatic N) is 3. The molecule has 0 aliphatic carbocycles. The third-order valence-electron chi connectivity index (χ3n) is 5.12. The molecule has 1 aromatic carbocycles. The average Bonchev–Trinajstić information content (AvgIpc) is 2.62. The number of hydrogen-bond donors (Lipinski definition) is 1. The van der Waals surface area contributed by atoms with Gasteiger partial charge in [-0.1, -0.05) is 24.3 Å². The van der Waals surface area contributed by atoms with E-state index in [1.54, 1.807) is 11.9 Å². The minimum absolute atomic E-state index is 0.0209. The lowest BCUT2D eigenvalue weighted by Gasteiger charge is -2.36. The van der Waals surface area contributed by atoms with Crippen LogP contribution in [0.25, 0.3) is 0 Å². The average molecular weight is 356 g/mol. The Kier molecular flexibility index (Phi) is 5.08. The lowest BCUT2D eigenvalue weighted by molar-refractivity contribution is -0.130. The summed E-state index contributed by atoms with van der Waals surface area (Å²) in [6, 6.07) is 8.61. The Hall–Kier alpha value is -2.67. The molecule has 2 aromatic rings. The Morgan fingerprint density at radius 2 is 1.92 bits per heavy atom. The Morgan fingerprint density at radius 1 is 1.23 bits per heavy atom. The summed E-state index contributed by atoms with van der Waals surface area (Å²) >= 11 is 0. The van der Waals surface area contributed by atoms with Gasteiger partial charge in [0.1, 0.15) is 0 Å². The quantitative estimate of drug-likeness (QED) is 0.845. The maximum Gasteiger partial charge on any atom is 0.328 e. The third-order valence-corrected chi connectivity index (χ3v) is 5.12. The molecule has 1 atom stereocenters. The smallest absolute Gasteiger partial charge is 0.328 e. The first-order valence-electron chi connectivity index (χ1n) is 8.65. The zero-order valence-electron chi connectivity index (χ0n) is 15.4. The van der Waals surface area contributed by atoms with Crippen LogP contribution >= 0.6 is 0 Å². The molecule has 1 N–H and O–H groups in total. The Balaban J connectivity index is 1.67. The molecule has 138 valence electrons. The second-order valence-electron chi connectivity index (χ2n) is 6.98. The lowest BCUT2D eigenvalue weighted by Crippen LogP contribution is -2.46. The fraction of sp³-hybridized carbons (Fsp3) is 0.421. The van der Waals surface area contributed by atoms with Crippen molar-refractivity contribution in [3.63, 3.8) is 0 Å². The van der Waals surface area contributed by atoms with E-state index in [4.69, 9.17) is 0 Å². The van der Waals surface area contributed by atoms with Gasteiger partial charge in [0.25, 0.3) is 5.56 Å². The van der Waals surface area contributed by atoms with Crippen molar-refractivity contribution < 1.29 is 4.79 Å².